The van der Waals surface area contributed by atoms with Crippen molar-refractivity contribution in [3.8, 4) is 0 Å². The molecule has 0 bridgehead atoms. The highest BCUT2D eigenvalue weighted by molar-refractivity contribution is 9.10. The summed E-state index contributed by atoms with van der Waals surface area (Å²) in [5.74, 6) is 0.0567. The Morgan fingerprint density at radius 1 is 1.40 bits per heavy atom. The maximum absolute atomic E-state index is 12.5. The molecule has 4 heteroatoms. The molecule has 0 aliphatic heterocycles. The highest BCUT2D eigenvalue weighted by Gasteiger charge is 2.45. The van der Waals surface area contributed by atoms with Crippen molar-refractivity contribution in [2.45, 2.75) is 50.5 Å². The molecule has 0 spiro atoms. The summed E-state index contributed by atoms with van der Waals surface area (Å²) >= 11 is 3.42. The Morgan fingerprint density at radius 3 is 2.55 bits per heavy atom. The molecule has 1 unspecified atom stereocenters. The maximum atomic E-state index is 12.5. The number of nitrogens with one attached hydrogen (secondary N) is 1. The summed E-state index contributed by atoms with van der Waals surface area (Å²) in [7, 11) is 0. The average Bonchev–Trinajstić information content (AvgIpc) is 2.38. The van der Waals surface area contributed by atoms with Gasteiger partial charge in [0.2, 0.25) is 5.91 Å². The molecular formula is C16H22BrNO2. The third-order valence-electron chi connectivity index (χ3n) is 4.16. The molecule has 0 radical (unpaired) electrons. The molecule has 2 N–H and O–H groups in total. The second kappa shape index (κ2) is 6.72. The molecule has 0 heterocycles. The van der Waals surface area contributed by atoms with Crippen LogP contribution in [0.2, 0.25) is 0 Å². The number of hydrogen-bond acceptors (Lipinski definition) is 2. The fourth-order valence-corrected chi connectivity index (χ4v) is 3.03. The topological polar surface area (TPSA) is 49.3 Å². The fraction of sp³-hybridized carbons (Fsp3) is 0.562. The van der Waals surface area contributed by atoms with Crippen LogP contribution < -0.4 is 5.32 Å². The molecular weight excluding hydrogens is 318 g/mol. The molecule has 1 amide bonds. The van der Waals surface area contributed by atoms with Crippen molar-refractivity contribution in [3.63, 3.8) is 0 Å². The first-order chi connectivity index (χ1) is 9.58. The zero-order chi connectivity index (χ0) is 14.6. The van der Waals surface area contributed by atoms with Gasteiger partial charge in [-0.2, -0.15) is 0 Å². The van der Waals surface area contributed by atoms with Gasteiger partial charge in [0, 0.05) is 11.0 Å². The molecule has 1 fully saturated rings. The van der Waals surface area contributed by atoms with Crippen molar-refractivity contribution in [2.24, 2.45) is 0 Å². The molecule has 2 rings (SSSR count). The number of benzene rings is 1. The van der Waals surface area contributed by atoms with E-state index in [2.05, 4.69) is 21.2 Å². The number of amides is 1. The molecule has 0 saturated heterocycles. The minimum atomic E-state index is -0.439. The summed E-state index contributed by atoms with van der Waals surface area (Å²) in [5, 5.41) is 12.7. The Kier molecular flexibility index (Phi) is 5.22. The second-order valence-electron chi connectivity index (χ2n) is 5.60. The van der Waals surface area contributed by atoms with E-state index in [-0.39, 0.29) is 11.3 Å². The number of rotatable bonds is 6. The van der Waals surface area contributed by atoms with Crippen LogP contribution in [0.1, 0.15) is 44.6 Å². The lowest BCUT2D eigenvalue weighted by Gasteiger charge is -2.41. The van der Waals surface area contributed by atoms with E-state index in [9.17, 15) is 9.90 Å². The Balaban J connectivity index is 2.03. The van der Waals surface area contributed by atoms with Crippen LogP contribution in [0.25, 0.3) is 0 Å². The number of aliphatic hydroxyl groups is 1. The van der Waals surface area contributed by atoms with Crippen molar-refractivity contribution in [3.05, 3.63) is 34.3 Å². The van der Waals surface area contributed by atoms with Crippen LogP contribution in [0.3, 0.4) is 0 Å². The highest BCUT2D eigenvalue weighted by atomic mass is 79.9. The summed E-state index contributed by atoms with van der Waals surface area (Å²) in [6.07, 6.45) is 4.09. The van der Waals surface area contributed by atoms with Crippen molar-refractivity contribution in [1.29, 1.82) is 0 Å². The first kappa shape index (κ1) is 15.5. The van der Waals surface area contributed by atoms with Gasteiger partial charge in [-0.1, -0.05) is 47.8 Å². The number of carbonyl (C=O) groups excluding carboxylic acids is 1. The van der Waals surface area contributed by atoms with Gasteiger partial charge in [-0.25, -0.2) is 0 Å². The highest BCUT2D eigenvalue weighted by Crippen LogP contribution is 2.44. The molecule has 0 aromatic heterocycles. The van der Waals surface area contributed by atoms with Crippen molar-refractivity contribution in [1.82, 2.24) is 5.32 Å². The van der Waals surface area contributed by atoms with Gasteiger partial charge in [0.15, 0.2) is 0 Å². The van der Waals surface area contributed by atoms with E-state index in [4.69, 9.17) is 0 Å². The SMILES string of the molecule is CCCC(O)CNC(=O)C1(c2ccc(Br)cc2)CCC1. The largest absolute Gasteiger partial charge is 0.391 e. The van der Waals surface area contributed by atoms with Gasteiger partial charge >= 0.3 is 0 Å². The number of halogens is 1. The number of carbonyl (C=O) groups is 1. The molecule has 1 saturated carbocycles. The Bertz CT molecular complexity index is 454. The predicted molar refractivity (Wildman–Crippen MR) is 83.6 cm³/mol. The number of hydrogen-bond donors (Lipinski definition) is 2. The summed E-state index contributed by atoms with van der Waals surface area (Å²) < 4.78 is 1.02. The third kappa shape index (κ3) is 3.23. The van der Waals surface area contributed by atoms with Crippen LogP contribution in [0.4, 0.5) is 0 Å². The van der Waals surface area contributed by atoms with E-state index in [0.29, 0.717) is 6.54 Å². The lowest BCUT2D eigenvalue weighted by molar-refractivity contribution is -0.130. The van der Waals surface area contributed by atoms with Gasteiger partial charge < -0.3 is 10.4 Å². The van der Waals surface area contributed by atoms with Crippen LogP contribution in [0.15, 0.2) is 28.7 Å². The van der Waals surface area contributed by atoms with Crippen LogP contribution in [-0.2, 0) is 10.2 Å². The number of aliphatic hydroxyl groups excluding tert-OH is 1. The van der Waals surface area contributed by atoms with Gasteiger partial charge in [-0.3, -0.25) is 4.79 Å². The fourth-order valence-electron chi connectivity index (χ4n) is 2.76. The lowest BCUT2D eigenvalue weighted by Crippen LogP contribution is -2.50. The van der Waals surface area contributed by atoms with Crippen molar-refractivity contribution >= 4 is 21.8 Å². The van der Waals surface area contributed by atoms with Gasteiger partial charge in [0.05, 0.1) is 11.5 Å². The van der Waals surface area contributed by atoms with E-state index < -0.39 is 6.10 Å². The molecule has 1 atom stereocenters. The van der Waals surface area contributed by atoms with E-state index in [1.54, 1.807) is 0 Å². The monoisotopic (exact) mass is 339 g/mol. The minimum Gasteiger partial charge on any atom is -0.391 e. The zero-order valence-electron chi connectivity index (χ0n) is 11.9. The van der Waals surface area contributed by atoms with Gasteiger partial charge in [0.1, 0.15) is 0 Å². The predicted octanol–water partition coefficient (Wildman–Crippen LogP) is 3.15. The van der Waals surface area contributed by atoms with E-state index in [1.807, 2.05) is 31.2 Å². The van der Waals surface area contributed by atoms with E-state index in [1.165, 1.54) is 0 Å². The van der Waals surface area contributed by atoms with Gasteiger partial charge in [0.25, 0.3) is 0 Å². The minimum absolute atomic E-state index is 0.0567. The zero-order valence-corrected chi connectivity index (χ0v) is 13.4. The molecule has 1 aliphatic rings. The molecule has 1 aromatic carbocycles. The molecule has 1 aromatic rings. The first-order valence-electron chi connectivity index (χ1n) is 7.31. The molecule has 3 nitrogen and oxygen atoms in total. The Morgan fingerprint density at radius 2 is 2.05 bits per heavy atom. The average molecular weight is 340 g/mol. The lowest BCUT2D eigenvalue weighted by atomic mass is 9.64. The molecule has 20 heavy (non-hydrogen) atoms. The maximum Gasteiger partial charge on any atom is 0.230 e. The summed E-state index contributed by atoms with van der Waals surface area (Å²) in [6, 6.07) is 8.00. The summed E-state index contributed by atoms with van der Waals surface area (Å²) in [6.45, 7) is 2.38. The van der Waals surface area contributed by atoms with Gasteiger partial charge in [-0.05, 0) is 37.0 Å². The van der Waals surface area contributed by atoms with Crippen molar-refractivity contribution < 1.29 is 9.90 Å². The van der Waals surface area contributed by atoms with Crippen LogP contribution in [0.5, 0.6) is 0 Å². The molecule has 1 aliphatic carbocycles. The molecule has 110 valence electrons. The van der Waals surface area contributed by atoms with Crippen LogP contribution >= 0.6 is 15.9 Å². The van der Waals surface area contributed by atoms with E-state index >= 15 is 0 Å². The van der Waals surface area contributed by atoms with Crippen molar-refractivity contribution in [2.75, 3.05) is 6.54 Å². The van der Waals surface area contributed by atoms with Gasteiger partial charge in [-0.15, -0.1) is 0 Å². The van der Waals surface area contributed by atoms with Crippen LogP contribution in [0, 0.1) is 0 Å². The quantitative estimate of drug-likeness (QED) is 0.836. The third-order valence-corrected chi connectivity index (χ3v) is 4.69. The smallest absolute Gasteiger partial charge is 0.230 e. The summed E-state index contributed by atoms with van der Waals surface area (Å²) in [5.41, 5.74) is 0.696. The first-order valence-corrected chi connectivity index (χ1v) is 8.10. The Labute approximate surface area is 128 Å². The standard InChI is InChI=1S/C16H22BrNO2/c1-2-4-14(19)11-18-15(20)16(9-3-10-16)12-5-7-13(17)8-6-12/h5-8,14,19H,2-4,9-11H2,1H3,(H,18,20). The normalized spacial score (nSPS) is 18.1. The summed E-state index contributed by atoms with van der Waals surface area (Å²) in [4.78, 5) is 12.5. The van der Waals surface area contributed by atoms with Crippen LogP contribution in [-0.4, -0.2) is 23.7 Å². The van der Waals surface area contributed by atoms with E-state index in [0.717, 1.165) is 42.1 Å². The second-order valence-corrected chi connectivity index (χ2v) is 6.51. The Hall–Kier alpha value is -0.870.